The number of rotatable bonds is 4. The molecule has 7 nitrogen and oxygen atoms in total. The second-order valence-electron chi connectivity index (χ2n) is 7.84. The van der Waals surface area contributed by atoms with Gasteiger partial charge in [-0.05, 0) is 32.1 Å². The van der Waals surface area contributed by atoms with Crippen LogP contribution in [0.5, 0.6) is 0 Å². The SMILES string of the molecule is O=C1[C@H]2CCCC[C@H]2C(=O)N1CCC(=O)N1CCCC[C@@H]1C1OCCO1. The topological polar surface area (TPSA) is 76.2 Å². The summed E-state index contributed by atoms with van der Waals surface area (Å²) in [5.41, 5.74) is 0. The van der Waals surface area contributed by atoms with Gasteiger partial charge in [0.15, 0.2) is 6.29 Å². The molecule has 0 radical (unpaired) electrons. The highest BCUT2D eigenvalue weighted by Crippen LogP contribution is 2.38. The molecule has 0 aromatic heterocycles. The molecule has 3 aliphatic heterocycles. The van der Waals surface area contributed by atoms with Crippen LogP contribution in [0.1, 0.15) is 51.4 Å². The molecule has 4 rings (SSSR count). The predicted octanol–water partition coefficient (Wildman–Crippen LogP) is 1.31. The minimum Gasteiger partial charge on any atom is -0.348 e. The van der Waals surface area contributed by atoms with Crippen LogP contribution in [0.2, 0.25) is 0 Å². The molecule has 1 aliphatic carbocycles. The van der Waals surface area contributed by atoms with Gasteiger partial charge in [0.1, 0.15) is 0 Å². The second kappa shape index (κ2) is 7.64. The maximum Gasteiger partial charge on any atom is 0.233 e. The smallest absolute Gasteiger partial charge is 0.233 e. The van der Waals surface area contributed by atoms with Gasteiger partial charge >= 0.3 is 0 Å². The third-order valence-corrected chi connectivity index (χ3v) is 6.31. The highest BCUT2D eigenvalue weighted by atomic mass is 16.7. The summed E-state index contributed by atoms with van der Waals surface area (Å²) in [6.07, 6.45) is 6.42. The van der Waals surface area contributed by atoms with Gasteiger partial charge in [-0.3, -0.25) is 19.3 Å². The molecule has 4 fully saturated rings. The fourth-order valence-corrected chi connectivity index (χ4v) is 4.95. The summed E-state index contributed by atoms with van der Waals surface area (Å²) in [5, 5.41) is 0. The Labute approximate surface area is 154 Å². The highest BCUT2D eigenvalue weighted by Gasteiger charge is 2.48. The summed E-state index contributed by atoms with van der Waals surface area (Å²) in [5.74, 6) is -0.427. The Morgan fingerprint density at radius 3 is 2.19 bits per heavy atom. The van der Waals surface area contributed by atoms with Crippen LogP contribution >= 0.6 is 0 Å². The van der Waals surface area contributed by atoms with Crippen LogP contribution in [-0.2, 0) is 23.9 Å². The van der Waals surface area contributed by atoms with E-state index in [1.807, 2.05) is 4.90 Å². The monoisotopic (exact) mass is 364 g/mol. The van der Waals surface area contributed by atoms with E-state index in [1.54, 1.807) is 0 Å². The van der Waals surface area contributed by atoms with Gasteiger partial charge in [-0.1, -0.05) is 12.8 Å². The quantitative estimate of drug-likeness (QED) is 0.703. The molecule has 144 valence electrons. The maximum absolute atomic E-state index is 12.8. The molecule has 26 heavy (non-hydrogen) atoms. The molecule has 0 aromatic rings. The molecule has 0 aromatic carbocycles. The number of amides is 3. The minimum absolute atomic E-state index is 0.00993. The zero-order valence-corrected chi connectivity index (χ0v) is 15.2. The van der Waals surface area contributed by atoms with Crippen LogP contribution in [0.25, 0.3) is 0 Å². The van der Waals surface area contributed by atoms with Crippen LogP contribution < -0.4 is 0 Å². The standard InChI is InChI=1S/C19H28N2O5/c22-16(20-9-4-3-7-15(20)19-25-11-12-26-19)8-10-21-17(23)13-5-1-2-6-14(13)18(21)24/h13-15,19H,1-12H2/t13-,14+,15-/m1/s1. The Morgan fingerprint density at radius 2 is 1.54 bits per heavy atom. The summed E-state index contributed by atoms with van der Waals surface area (Å²) >= 11 is 0. The largest absolute Gasteiger partial charge is 0.348 e. The van der Waals surface area contributed by atoms with Crippen LogP contribution in [0, 0.1) is 11.8 Å². The fourth-order valence-electron chi connectivity index (χ4n) is 4.95. The summed E-state index contributed by atoms with van der Waals surface area (Å²) < 4.78 is 11.2. The van der Waals surface area contributed by atoms with E-state index in [4.69, 9.17) is 9.47 Å². The predicted molar refractivity (Wildman–Crippen MR) is 91.8 cm³/mol. The van der Waals surface area contributed by atoms with E-state index in [0.29, 0.717) is 19.8 Å². The van der Waals surface area contributed by atoms with Crippen LogP contribution in [0.15, 0.2) is 0 Å². The van der Waals surface area contributed by atoms with Crippen molar-refractivity contribution in [2.75, 3.05) is 26.3 Å². The number of carbonyl (C=O) groups is 3. The molecular weight excluding hydrogens is 336 g/mol. The number of carbonyl (C=O) groups excluding carboxylic acids is 3. The number of imide groups is 1. The Kier molecular flexibility index (Phi) is 5.27. The van der Waals surface area contributed by atoms with Crippen molar-refractivity contribution in [2.45, 2.75) is 63.7 Å². The van der Waals surface area contributed by atoms with Crippen molar-refractivity contribution in [3.05, 3.63) is 0 Å². The number of fused-ring (bicyclic) bond motifs is 1. The molecular formula is C19H28N2O5. The molecule has 0 unspecified atom stereocenters. The summed E-state index contributed by atoms with van der Waals surface area (Å²) in [7, 11) is 0. The van der Waals surface area contributed by atoms with E-state index < -0.39 is 0 Å². The van der Waals surface area contributed by atoms with Crippen molar-refractivity contribution in [3.63, 3.8) is 0 Å². The molecule has 3 amide bonds. The minimum atomic E-state index is -0.336. The molecule has 3 heterocycles. The van der Waals surface area contributed by atoms with Gasteiger partial charge in [-0.15, -0.1) is 0 Å². The molecule has 4 aliphatic rings. The average Bonchev–Trinajstić information content (AvgIpc) is 3.29. The maximum atomic E-state index is 12.8. The Hall–Kier alpha value is -1.47. The van der Waals surface area contributed by atoms with Crippen LogP contribution in [-0.4, -0.2) is 66.2 Å². The van der Waals surface area contributed by atoms with Gasteiger partial charge in [0.25, 0.3) is 0 Å². The van der Waals surface area contributed by atoms with Gasteiger partial charge in [-0.2, -0.15) is 0 Å². The molecule has 0 N–H and O–H groups in total. The third kappa shape index (κ3) is 3.27. The zero-order valence-electron chi connectivity index (χ0n) is 15.2. The first-order valence-corrected chi connectivity index (χ1v) is 10.0. The highest BCUT2D eigenvalue weighted by molar-refractivity contribution is 6.05. The lowest BCUT2D eigenvalue weighted by Crippen LogP contribution is -2.50. The van der Waals surface area contributed by atoms with E-state index in [2.05, 4.69) is 0 Å². The molecule has 3 saturated heterocycles. The Morgan fingerprint density at radius 1 is 0.923 bits per heavy atom. The first-order valence-electron chi connectivity index (χ1n) is 10.0. The lowest BCUT2D eigenvalue weighted by molar-refractivity contribution is -0.151. The van der Waals surface area contributed by atoms with Crippen molar-refractivity contribution in [2.24, 2.45) is 11.8 Å². The number of hydrogen-bond donors (Lipinski definition) is 0. The van der Waals surface area contributed by atoms with Crippen LogP contribution in [0.3, 0.4) is 0 Å². The molecule has 3 atom stereocenters. The van der Waals surface area contributed by atoms with Crippen molar-refractivity contribution in [3.8, 4) is 0 Å². The number of nitrogens with zero attached hydrogens (tertiary/aromatic N) is 2. The summed E-state index contributed by atoms with van der Waals surface area (Å²) in [6.45, 7) is 2.05. The van der Waals surface area contributed by atoms with Gasteiger partial charge in [0, 0.05) is 19.5 Å². The van der Waals surface area contributed by atoms with Crippen LogP contribution in [0.4, 0.5) is 0 Å². The molecule has 0 spiro atoms. The summed E-state index contributed by atoms with van der Waals surface area (Å²) in [4.78, 5) is 41.1. The molecule has 0 bridgehead atoms. The van der Waals surface area contributed by atoms with Crippen molar-refractivity contribution < 1.29 is 23.9 Å². The van der Waals surface area contributed by atoms with Gasteiger partial charge < -0.3 is 14.4 Å². The number of ether oxygens (including phenoxy) is 2. The number of likely N-dealkylation sites (tertiary alicyclic amines) is 2. The lowest BCUT2D eigenvalue weighted by Gasteiger charge is -2.38. The Balaban J connectivity index is 1.36. The fraction of sp³-hybridized carbons (Fsp3) is 0.842. The number of piperidine rings is 1. The number of hydrogen-bond acceptors (Lipinski definition) is 5. The summed E-state index contributed by atoms with van der Waals surface area (Å²) in [6, 6.07) is -0.0497. The average molecular weight is 364 g/mol. The van der Waals surface area contributed by atoms with Gasteiger partial charge in [0.2, 0.25) is 17.7 Å². The third-order valence-electron chi connectivity index (χ3n) is 6.31. The van der Waals surface area contributed by atoms with E-state index in [-0.39, 0.29) is 54.9 Å². The molecule has 7 heteroatoms. The molecule has 1 saturated carbocycles. The van der Waals surface area contributed by atoms with E-state index in [9.17, 15) is 14.4 Å². The van der Waals surface area contributed by atoms with Gasteiger partial charge in [-0.25, -0.2) is 0 Å². The van der Waals surface area contributed by atoms with E-state index in [0.717, 1.165) is 44.9 Å². The van der Waals surface area contributed by atoms with E-state index >= 15 is 0 Å². The van der Waals surface area contributed by atoms with Crippen molar-refractivity contribution >= 4 is 17.7 Å². The normalized spacial score (nSPS) is 33.0. The first-order chi connectivity index (χ1) is 12.7. The zero-order chi connectivity index (χ0) is 18.1. The lowest BCUT2D eigenvalue weighted by atomic mass is 9.81. The van der Waals surface area contributed by atoms with Crippen molar-refractivity contribution in [1.82, 2.24) is 9.80 Å². The Bertz CT molecular complexity index is 550. The van der Waals surface area contributed by atoms with Gasteiger partial charge in [0.05, 0.1) is 31.1 Å². The first kappa shape index (κ1) is 17.9. The van der Waals surface area contributed by atoms with E-state index in [1.165, 1.54) is 4.90 Å². The van der Waals surface area contributed by atoms with Crippen molar-refractivity contribution in [1.29, 1.82) is 0 Å². The second-order valence-corrected chi connectivity index (χ2v) is 7.84.